The molecule has 4 unspecified atom stereocenters. The Bertz CT molecular complexity index is 1620. The SMILES string of the molecule is C=C/C(F)=C(CC[C@@H]1CNCC([C@H]2CC2CC(=C)NCC2=C(C)CCC=C2)C1)\C(=C/C)NC(=C)C(N)C(c1ccc(C)cc1)c1ccc(F)cc1. The number of halogens is 2. The van der Waals surface area contributed by atoms with Crippen LogP contribution in [0.5, 0.6) is 0 Å². The van der Waals surface area contributed by atoms with Crippen molar-refractivity contribution < 1.29 is 8.78 Å². The molecule has 5 rings (SSSR count). The lowest BCUT2D eigenvalue weighted by atomic mass is 9.82. The number of hydrogen-bond acceptors (Lipinski definition) is 4. The number of nitrogens with two attached hydrogens (primary N) is 1. The lowest BCUT2D eigenvalue weighted by Gasteiger charge is -2.31. The van der Waals surface area contributed by atoms with Crippen LogP contribution in [-0.4, -0.2) is 25.7 Å². The molecule has 2 aliphatic carbocycles. The molecule has 2 fully saturated rings. The standard InChI is InChI=1S/C45H58F2N4/c1-7-42(47)40(43(8-2)51-32(6)45(48)44(34-16-13-29(3)14-17-34)35-18-20-39(46)21-19-35)22-15-33-24-38(27-49-26-33)41-25-37(41)23-31(5)50-28-36-12-10-9-11-30(36)4/h7-8,10,12-14,16-21,33,37-38,41,44-45,49-51H,1,5-6,9,11,15,22-28,48H2,2-4H3/b42-40+,43-8+/t33-,37?,38?,41-,44?,45?/m0/s1. The Morgan fingerprint density at radius 3 is 2.41 bits per heavy atom. The van der Waals surface area contributed by atoms with Crippen LogP contribution in [0.2, 0.25) is 0 Å². The molecule has 0 spiro atoms. The summed E-state index contributed by atoms with van der Waals surface area (Å²) < 4.78 is 29.4. The molecular weight excluding hydrogens is 635 g/mol. The molecule has 0 radical (unpaired) electrons. The molecule has 0 amide bonds. The quantitative estimate of drug-likeness (QED) is 0.125. The van der Waals surface area contributed by atoms with Crippen molar-refractivity contribution in [2.24, 2.45) is 29.4 Å². The van der Waals surface area contributed by atoms with Gasteiger partial charge in [-0.05, 0) is 137 Å². The highest BCUT2D eigenvalue weighted by Crippen LogP contribution is 2.50. The first kappa shape index (κ1) is 38.2. The third-order valence-electron chi connectivity index (χ3n) is 11.3. The maximum absolute atomic E-state index is 15.5. The molecular formula is C45H58F2N4. The van der Waals surface area contributed by atoms with E-state index in [0.29, 0.717) is 41.1 Å². The van der Waals surface area contributed by atoms with E-state index in [1.54, 1.807) is 12.1 Å². The molecule has 2 aromatic carbocycles. The number of rotatable bonds is 17. The van der Waals surface area contributed by atoms with Gasteiger partial charge in [-0.25, -0.2) is 8.78 Å². The molecule has 5 N–H and O–H groups in total. The minimum Gasteiger partial charge on any atom is -0.385 e. The summed E-state index contributed by atoms with van der Waals surface area (Å²) in [6, 6.07) is 14.1. The normalized spacial score (nSPS) is 23.6. The van der Waals surface area contributed by atoms with Crippen LogP contribution < -0.4 is 21.7 Å². The topological polar surface area (TPSA) is 62.1 Å². The molecule has 0 bridgehead atoms. The minimum atomic E-state index is -0.562. The summed E-state index contributed by atoms with van der Waals surface area (Å²) >= 11 is 0. The van der Waals surface area contributed by atoms with E-state index in [9.17, 15) is 4.39 Å². The molecule has 4 nitrogen and oxygen atoms in total. The predicted molar refractivity (Wildman–Crippen MR) is 210 cm³/mol. The largest absolute Gasteiger partial charge is 0.385 e. The van der Waals surface area contributed by atoms with Gasteiger partial charge in [-0.2, -0.15) is 0 Å². The first-order chi connectivity index (χ1) is 24.6. The van der Waals surface area contributed by atoms with Gasteiger partial charge in [-0.15, -0.1) is 0 Å². The van der Waals surface area contributed by atoms with Crippen molar-refractivity contribution in [2.75, 3.05) is 19.6 Å². The van der Waals surface area contributed by atoms with Crippen molar-refractivity contribution in [3.63, 3.8) is 0 Å². The average Bonchev–Trinajstić information content (AvgIpc) is 3.91. The third kappa shape index (κ3) is 10.3. The summed E-state index contributed by atoms with van der Waals surface area (Å²) in [7, 11) is 0. The second kappa shape index (κ2) is 18.0. The smallest absolute Gasteiger partial charge is 0.127 e. The molecule has 2 aromatic rings. The number of aryl methyl sites for hydroxylation is 1. The number of benzene rings is 2. The molecule has 1 saturated heterocycles. The lowest BCUT2D eigenvalue weighted by molar-refractivity contribution is 0.244. The molecule has 51 heavy (non-hydrogen) atoms. The zero-order valence-corrected chi connectivity index (χ0v) is 30.9. The summed E-state index contributed by atoms with van der Waals surface area (Å²) in [6.07, 6.45) is 14.9. The highest BCUT2D eigenvalue weighted by Gasteiger charge is 2.44. The van der Waals surface area contributed by atoms with Crippen LogP contribution in [0.3, 0.4) is 0 Å². The number of allylic oxidation sites excluding steroid dienone is 7. The van der Waals surface area contributed by atoms with E-state index < -0.39 is 6.04 Å². The Balaban J connectivity index is 1.17. The van der Waals surface area contributed by atoms with Gasteiger partial charge in [0.25, 0.3) is 0 Å². The third-order valence-corrected chi connectivity index (χ3v) is 11.3. The fourth-order valence-corrected chi connectivity index (χ4v) is 8.03. The Kier molecular flexibility index (Phi) is 13.5. The van der Waals surface area contributed by atoms with Crippen molar-refractivity contribution in [3.05, 3.63) is 155 Å². The molecule has 1 saturated carbocycles. The van der Waals surface area contributed by atoms with E-state index in [-0.39, 0.29) is 17.6 Å². The van der Waals surface area contributed by atoms with Crippen LogP contribution in [0.1, 0.15) is 81.4 Å². The van der Waals surface area contributed by atoms with Crippen molar-refractivity contribution in [1.29, 1.82) is 0 Å². The molecule has 3 aliphatic rings. The lowest BCUT2D eigenvalue weighted by Crippen LogP contribution is -2.38. The number of hydrogen-bond donors (Lipinski definition) is 4. The molecule has 6 heteroatoms. The Morgan fingerprint density at radius 2 is 1.75 bits per heavy atom. The van der Waals surface area contributed by atoms with Crippen LogP contribution in [0.4, 0.5) is 8.78 Å². The molecule has 1 heterocycles. The summed E-state index contributed by atoms with van der Waals surface area (Å²) in [5.41, 5.74) is 15.8. The summed E-state index contributed by atoms with van der Waals surface area (Å²) in [6.45, 7) is 21.5. The fourth-order valence-electron chi connectivity index (χ4n) is 8.03. The van der Waals surface area contributed by atoms with Crippen LogP contribution in [0, 0.1) is 36.4 Å². The first-order valence-corrected chi connectivity index (χ1v) is 18.8. The van der Waals surface area contributed by atoms with E-state index in [1.165, 1.54) is 35.8 Å². The summed E-state index contributed by atoms with van der Waals surface area (Å²) in [5.74, 6) is 1.58. The monoisotopic (exact) mass is 692 g/mol. The zero-order valence-electron chi connectivity index (χ0n) is 30.9. The zero-order chi connectivity index (χ0) is 36.5. The summed E-state index contributed by atoms with van der Waals surface area (Å²) in [5, 5.41) is 10.7. The molecule has 1 aliphatic heterocycles. The van der Waals surface area contributed by atoms with E-state index in [2.05, 4.69) is 54.8 Å². The highest BCUT2D eigenvalue weighted by atomic mass is 19.1. The van der Waals surface area contributed by atoms with Crippen LogP contribution in [0.25, 0.3) is 0 Å². The van der Waals surface area contributed by atoms with E-state index in [4.69, 9.17) is 5.73 Å². The maximum atomic E-state index is 15.5. The second-order valence-electron chi connectivity index (χ2n) is 15.0. The van der Waals surface area contributed by atoms with Gasteiger partial charge in [0.05, 0.1) is 6.04 Å². The van der Waals surface area contributed by atoms with Crippen LogP contribution >= 0.6 is 0 Å². The average molecular weight is 693 g/mol. The maximum Gasteiger partial charge on any atom is 0.127 e. The van der Waals surface area contributed by atoms with Crippen molar-refractivity contribution in [3.8, 4) is 0 Å². The van der Waals surface area contributed by atoms with E-state index >= 15 is 4.39 Å². The van der Waals surface area contributed by atoms with Crippen LogP contribution in [0.15, 0.2) is 132 Å². The predicted octanol–water partition coefficient (Wildman–Crippen LogP) is 9.81. The van der Waals surface area contributed by atoms with Gasteiger partial charge in [0.1, 0.15) is 11.6 Å². The fraction of sp³-hybridized carbons (Fsp3) is 0.422. The first-order valence-electron chi connectivity index (χ1n) is 18.8. The van der Waals surface area contributed by atoms with Crippen molar-refractivity contribution >= 4 is 0 Å². The van der Waals surface area contributed by atoms with Gasteiger partial charge in [0.2, 0.25) is 0 Å². The minimum absolute atomic E-state index is 0.277. The van der Waals surface area contributed by atoms with Gasteiger partial charge in [-0.3, -0.25) is 0 Å². The Labute approximate surface area is 305 Å². The van der Waals surface area contributed by atoms with Gasteiger partial charge in [-0.1, -0.05) is 85.5 Å². The van der Waals surface area contributed by atoms with Crippen molar-refractivity contribution in [2.45, 2.75) is 77.7 Å². The van der Waals surface area contributed by atoms with Gasteiger partial charge >= 0.3 is 0 Å². The molecule has 6 atom stereocenters. The number of piperidine rings is 1. The highest BCUT2D eigenvalue weighted by molar-refractivity contribution is 5.42. The molecule has 0 aromatic heterocycles. The van der Waals surface area contributed by atoms with Crippen molar-refractivity contribution in [1.82, 2.24) is 16.0 Å². The van der Waals surface area contributed by atoms with Gasteiger partial charge in [0, 0.05) is 35.1 Å². The molecule has 272 valence electrons. The van der Waals surface area contributed by atoms with Gasteiger partial charge < -0.3 is 21.7 Å². The Morgan fingerprint density at radius 1 is 1.04 bits per heavy atom. The second-order valence-corrected chi connectivity index (χ2v) is 15.0. The van der Waals surface area contributed by atoms with Crippen LogP contribution in [-0.2, 0) is 0 Å². The van der Waals surface area contributed by atoms with E-state index in [0.717, 1.165) is 80.0 Å². The van der Waals surface area contributed by atoms with Gasteiger partial charge in [0.15, 0.2) is 0 Å². The Hall–Kier alpha value is -4.00. The number of nitrogens with one attached hydrogen (secondary N) is 3. The van der Waals surface area contributed by atoms with E-state index in [1.807, 2.05) is 44.2 Å². The summed E-state index contributed by atoms with van der Waals surface area (Å²) in [4.78, 5) is 0.